The van der Waals surface area contributed by atoms with Crippen LogP contribution in [0.1, 0.15) is 32.6 Å². The predicted octanol–water partition coefficient (Wildman–Crippen LogP) is 2.48. The number of H-pyrrole nitrogens is 1. The van der Waals surface area contributed by atoms with Crippen molar-refractivity contribution in [2.45, 2.75) is 32.6 Å². The van der Waals surface area contributed by atoms with Crippen molar-refractivity contribution in [1.29, 1.82) is 0 Å². The predicted molar refractivity (Wildman–Crippen MR) is 66.7 cm³/mol. The first-order chi connectivity index (χ1) is 8.31. The molecule has 0 bridgehead atoms. The highest BCUT2D eigenvalue weighted by Gasteiger charge is 2.07. The summed E-state index contributed by atoms with van der Waals surface area (Å²) in [5.74, 6) is 0.0361. The number of fused-ring (bicyclic) bond motifs is 1. The maximum absolute atomic E-state index is 11.7. The summed E-state index contributed by atoms with van der Waals surface area (Å²) in [4.78, 5) is 11.7. The molecule has 0 saturated heterocycles. The van der Waals surface area contributed by atoms with E-state index in [-0.39, 0.29) is 5.91 Å². The van der Waals surface area contributed by atoms with Gasteiger partial charge in [-0.3, -0.25) is 4.79 Å². The molecule has 5 heteroatoms. The third kappa shape index (κ3) is 2.81. The third-order valence-corrected chi connectivity index (χ3v) is 2.63. The lowest BCUT2D eigenvalue weighted by Gasteiger charge is -2.04. The molecule has 2 N–H and O–H groups in total. The lowest BCUT2D eigenvalue weighted by molar-refractivity contribution is -0.116. The third-order valence-electron chi connectivity index (χ3n) is 2.63. The van der Waals surface area contributed by atoms with Gasteiger partial charge in [0.25, 0.3) is 0 Å². The number of benzene rings is 1. The second kappa shape index (κ2) is 5.43. The topological polar surface area (TPSA) is 70.7 Å². The van der Waals surface area contributed by atoms with Gasteiger partial charge in [-0.05, 0) is 18.6 Å². The molecule has 5 nitrogen and oxygen atoms in total. The lowest BCUT2D eigenvalue weighted by Crippen LogP contribution is -2.11. The molecule has 0 radical (unpaired) electrons. The highest BCUT2D eigenvalue weighted by molar-refractivity contribution is 5.98. The summed E-state index contributed by atoms with van der Waals surface area (Å²) >= 11 is 0. The molecule has 1 aromatic heterocycles. The maximum atomic E-state index is 11.7. The van der Waals surface area contributed by atoms with Gasteiger partial charge in [-0.25, -0.2) is 0 Å². The number of amides is 1. The van der Waals surface area contributed by atoms with E-state index in [1.165, 1.54) is 0 Å². The highest BCUT2D eigenvalue weighted by Crippen LogP contribution is 2.19. The van der Waals surface area contributed by atoms with Crippen LogP contribution in [0.25, 0.3) is 11.0 Å². The number of aromatic nitrogens is 3. The largest absolute Gasteiger partial charge is 0.324 e. The van der Waals surface area contributed by atoms with Crippen LogP contribution >= 0.6 is 0 Å². The quantitative estimate of drug-likeness (QED) is 0.778. The van der Waals surface area contributed by atoms with Crippen molar-refractivity contribution in [3.8, 4) is 0 Å². The zero-order chi connectivity index (χ0) is 12.1. The zero-order valence-electron chi connectivity index (χ0n) is 9.86. The van der Waals surface area contributed by atoms with Crippen LogP contribution in [0, 0.1) is 0 Å². The van der Waals surface area contributed by atoms with Crippen LogP contribution in [0.15, 0.2) is 18.2 Å². The smallest absolute Gasteiger partial charge is 0.224 e. The van der Waals surface area contributed by atoms with Gasteiger partial charge in [0.1, 0.15) is 11.0 Å². The molecular weight excluding hydrogens is 216 g/mol. The summed E-state index contributed by atoms with van der Waals surface area (Å²) in [6.07, 6.45) is 3.69. The number of para-hydroxylation sites is 1. The van der Waals surface area contributed by atoms with E-state index in [1.54, 1.807) is 0 Å². The molecule has 1 aromatic carbocycles. The number of nitrogens with one attached hydrogen (secondary N) is 2. The summed E-state index contributed by atoms with van der Waals surface area (Å²) in [7, 11) is 0. The average molecular weight is 232 g/mol. The normalized spacial score (nSPS) is 10.6. The number of unbranched alkanes of at least 4 members (excludes halogenated alkanes) is 2. The molecule has 0 saturated carbocycles. The molecule has 0 fully saturated rings. The van der Waals surface area contributed by atoms with Gasteiger partial charge >= 0.3 is 0 Å². The lowest BCUT2D eigenvalue weighted by atomic mass is 10.2. The van der Waals surface area contributed by atoms with Crippen LogP contribution in [-0.4, -0.2) is 21.3 Å². The van der Waals surface area contributed by atoms with Crippen LogP contribution in [0.4, 0.5) is 5.69 Å². The standard InChI is InChI=1S/C12H16N4O/c1-2-3-4-8-11(17)13-9-6-5-7-10-12(9)15-16-14-10/h5-7H,2-4,8H2,1H3,(H,13,17)(H,14,15,16). The Labute approximate surface area is 99.6 Å². The average Bonchev–Trinajstić information content (AvgIpc) is 2.78. The van der Waals surface area contributed by atoms with Gasteiger partial charge in [0.05, 0.1) is 5.69 Å². The number of anilines is 1. The number of carbonyl (C=O) groups excluding carboxylic acids is 1. The number of hydrogen-bond donors (Lipinski definition) is 2. The van der Waals surface area contributed by atoms with Crippen molar-refractivity contribution in [2.24, 2.45) is 0 Å². The van der Waals surface area contributed by atoms with Gasteiger partial charge < -0.3 is 5.32 Å². The Hall–Kier alpha value is -1.91. The Kier molecular flexibility index (Phi) is 3.69. The molecule has 0 aliphatic heterocycles. The van der Waals surface area contributed by atoms with Gasteiger partial charge in [-0.2, -0.15) is 15.4 Å². The summed E-state index contributed by atoms with van der Waals surface area (Å²) in [6, 6.07) is 5.54. The van der Waals surface area contributed by atoms with Crippen LogP contribution in [0.3, 0.4) is 0 Å². The molecule has 2 aromatic rings. The molecule has 0 spiro atoms. The van der Waals surface area contributed by atoms with E-state index in [2.05, 4.69) is 27.7 Å². The molecule has 0 unspecified atom stereocenters. The Bertz CT molecular complexity index is 506. The summed E-state index contributed by atoms with van der Waals surface area (Å²) in [6.45, 7) is 2.12. The zero-order valence-corrected chi connectivity index (χ0v) is 9.86. The van der Waals surface area contributed by atoms with Crippen molar-refractivity contribution in [3.05, 3.63) is 18.2 Å². The fraction of sp³-hybridized carbons (Fsp3) is 0.417. The fourth-order valence-corrected chi connectivity index (χ4v) is 1.72. The second-order valence-corrected chi connectivity index (χ2v) is 4.00. The molecule has 1 heterocycles. The van der Waals surface area contributed by atoms with E-state index in [4.69, 9.17) is 0 Å². The Morgan fingerprint density at radius 2 is 2.24 bits per heavy atom. The van der Waals surface area contributed by atoms with Gasteiger partial charge in [-0.1, -0.05) is 25.8 Å². The van der Waals surface area contributed by atoms with E-state index in [1.807, 2.05) is 18.2 Å². The van der Waals surface area contributed by atoms with Gasteiger partial charge in [0.2, 0.25) is 5.91 Å². The van der Waals surface area contributed by atoms with Gasteiger partial charge in [-0.15, -0.1) is 0 Å². The second-order valence-electron chi connectivity index (χ2n) is 4.00. The fourth-order valence-electron chi connectivity index (χ4n) is 1.72. The minimum Gasteiger partial charge on any atom is -0.324 e. The van der Waals surface area contributed by atoms with Crippen LogP contribution in [-0.2, 0) is 4.79 Å². The number of rotatable bonds is 5. The monoisotopic (exact) mass is 232 g/mol. The minimum atomic E-state index is 0.0361. The number of carbonyl (C=O) groups is 1. The van der Waals surface area contributed by atoms with E-state index >= 15 is 0 Å². The van der Waals surface area contributed by atoms with E-state index in [0.29, 0.717) is 11.9 Å². The molecule has 17 heavy (non-hydrogen) atoms. The van der Waals surface area contributed by atoms with Gasteiger partial charge in [0, 0.05) is 6.42 Å². The molecule has 2 rings (SSSR count). The molecule has 0 aliphatic rings. The Morgan fingerprint density at radius 1 is 1.35 bits per heavy atom. The molecule has 90 valence electrons. The first kappa shape index (κ1) is 11.6. The number of aromatic amines is 1. The van der Waals surface area contributed by atoms with Crippen molar-refractivity contribution in [1.82, 2.24) is 15.4 Å². The Morgan fingerprint density at radius 3 is 3.06 bits per heavy atom. The van der Waals surface area contributed by atoms with E-state index in [9.17, 15) is 4.79 Å². The van der Waals surface area contributed by atoms with Gasteiger partial charge in [0.15, 0.2) is 0 Å². The minimum absolute atomic E-state index is 0.0361. The highest BCUT2D eigenvalue weighted by atomic mass is 16.1. The molecular formula is C12H16N4O. The van der Waals surface area contributed by atoms with Crippen LogP contribution in [0.5, 0.6) is 0 Å². The SMILES string of the molecule is CCCCCC(=O)Nc1cccc2n[nH]nc12. The summed E-state index contributed by atoms with van der Waals surface area (Å²) in [5.41, 5.74) is 2.19. The summed E-state index contributed by atoms with van der Waals surface area (Å²) in [5, 5.41) is 13.4. The summed E-state index contributed by atoms with van der Waals surface area (Å²) < 4.78 is 0. The van der Waals surface area contributed by atoms with Crippen molar-refractivity contribution in [3.63, 3.8) is 0 Å². The molecule has 0 atom stereocenters. The van der Waals surface area contributed by atoms with Crippen molar-refractivity contribution in [2.75, 3.05) is 5.32 Å². The van der Waals surface area contributed by atoms with Crippen molar-refractivity contribution >= 4 is 22.6 Å². The van der Waals surface area contributed by atoms with Crippen LogP contribution < -0.4 is 5.32 Å². The van der Waals surface area contributed by atoms with Crippen molar-refractivity contribution < 1.29 is 4.79 Å². The first-order valence-electron chi connectivity index (χ1n) is 5.90. The Balaban J connectivity index is 2.03. The van der Waals surface area contributed by atoms with E-state index < -0.39 is 0 Å². The first-order valence-corrected chi connectivity index (χ1v) is 5.90. The number of hydrogen-bond acceptors (Lipinski definition) is 3. The molecule has 0 aliphatic carbocycles. The van der Waals surface area contributed by atoms with E-state index in [0.717, 1.165) is 30.5 Å². The molecule has 1 amide bonds. The van der Waals surface area contributed by atoms with Crippen LogP contribution in [0.2, 0.25) is 0 Å². The number of nitrogens with zero attached hydrogens (tertiary/aromatic N) is 2. The maximum Gasteiger partial charge on any atom is 0.224 e.